The second-order valence-electron chi connectivity index (χ2n) is 2.71. The molecule has 0 amide bonds. The number of nitrogens with zero attached hydrogens (tertiary/aromatic N) is 1. The van der Waals surface area contributed by atoms with Crippen molar-refractivity contribution in [1.82, 2.24) is 3.11 Å². The van der Waals surface area contributed by atoms with Crippen LogP contribution in [0.2, 0.25) is 0 Å². The van der Waals surface area contributed by atoms with Crippen LogP contribution in [0.4, 0.5) is 0 Å². The van der Waals surface area contributed by atoms with Gasteiger partial charge in [-0.3, -0.25) is 0 Å². The zero-order valence-electron chi connectivity index (χ0n) is 5.70. The average molecular weight is 257 g/mol. The van der Waals surface area contributed by atoms with Crippen LogP contribution in [0.5, 0.6) is 0 Å². The maximum Gasteiger partial charge on any atom is 0.0676 e. The first-order valence-electron chi connectivity index (χ1n) is 3.45. The van der Waals surface area contributed by atoms with Gasteiger partial charge in [0.05, 0.1) is 12.2 Å². The standard InChI is InChI=1S/C6H12INO2/c7-8-3-5(9)1-2-6(10)4-8/h5-6,9-10H,1-4H2. The van der Waals surface area contributed by atoms with Crippen LogP contribution in [0.25, 0.3) is 0 Å². The fourth-order valence-corrected chi connectivity index (χ4v) is 2.01. The van der Waals surface area contributed by atoms with E-state index >= 15 is 0 Å². The zero-order valence-corrected chi connectivity index (χ0v) is 7.86. The van der Waals surface area contributed by atoms with E-state index in [2.05, 4.69) is 22.9 Å². The lowest BCUT2D eigenvalue weighted by Crippen LogP contribution is -2.25. The second-order valence-corrected chi connectivity index (χ2v) is 4.08. The van der Waals surface area contributed by atoms with Crippen LogP contribution >= 0.6 is 22.9 Å². The predicted molar refractivity (Wildman–Crippen MR) is 46.8 cm³/mol. The highest BCUT2D eigenvalue weighted by Gasteiger charge is 2.18. The van der Waals surface area contributed by atoms with E-state index in [-0.39, 0.29) is 12.2 Å². The summed E-state index contributed by atoms with van der Waals surface area (Å²) in [5.74, 6) is 0. The summed E-state index contributed by atoms with van der Waals surface area (Å²) in [5.41, 5.74) is 0. The number of rotatable bonds is 0. The summed E-state index contributed by atoms with van der Waals surface area (Å²) >= 11 is 2.13. The third-order valence-corrected chi connectivity index (χ3v) is 2.44. The fraction of sp³-hybridized carbons (Fsp3) is 1.00. The van der Waals surface area contributed by atoms with E-state index in [0.29, 0.717) is 13.1 Å². The van der Waals surface area contributed by atoms with E-state index in [1.165, 1.54) is 0 Å². The predicted octanol–water partition coefficient (Wildman–Crippen LogP) is 0.154. The van der Waals surface area contributed by atoms with Gasteiger partial charge in [0.1, 0.15) is 0 Å². The van der Waals surface area contributed by atoms with Gasteiger partial charge in [-0.2, -0.15) is 0 Å². The summed E-state index contributed by atoms with van der Waals surface area (Å²) in [4.78, 5) is 0. The molecule has 0 bridgehead atoms. The zero-order chi connectivity index (χ0) is 7.56. The minimum absolute atomic E-state index is 0.256. The highest BCUT2D eigenvalue weighted by molar-refractivity contribution is 14.1. The molecule has 1 aliphatic rings. The molecule has 0 aliphatic carbocycles. The van der Waals surface area contributed by atoms with Gasteiger partial charge in [-0.1, -0.05) is 0 Å². The van der Waals surface area contributed by atoms with Crippen molar-refractivity contribution in [3.63, 3.8) is 0 Å². The summed E-state index contributed by atoms with van der Waals surface area (Å²) in [6.07, 6.45) is 0.935. The maximum atomic E-state index is 9.22. The first-order valence-corrected chi connectivity index (χ1v) is 4.42. The van der Waals surface area contributed by atoms with Crippen molar-refractivity contribution >= 4 is 22.9 Å². The molecule has 3 nitrogen and oxygen atoms in total. The van der Waals surface area contributed by atoms with Gasteiger partial charge in [-0.25, -0.2) is 3.11 Å². The Bertz CT molecular complexity index is 99.9. The molecule has 0 aromatic carbocycles. The molecular weight excluding hydrogens is 245 g/mol. The number of hydrogen-bond acceptors (Lipinski definition) is 3. The number of halogens is 1. The smallest absolute Gasteiger partial charge is 0.0676 e. The van der Waals surface area contributed by atoms with E-state index in [0.717, 1.165) is 12.8 Å². The minimum Gasteiger partial charge on any atom is -0.392 e. The summed E-state index contributed by atoms with van der Waals surface area (Å²) < 4.78 is 1.93. The molecule has 1 rings (SSSR count). The van der Waals surface area contributed by atoms with Gasteiger partial charge in [-0.15, -0.1) is 0 Å². The highest BCUT2D eigenvalue weighted by atomic mass is 127. The summed E-state index contributed by atoms with van der Waals surface area (Å²) in [5, 5.41) is 18.4. The van der Waals surface area contributed by atoms with Crippen LogP contribution in [0, 0.1) is 0 Å². The third-order valence-electron chi connectivity index (χ3n) is 1.65. The molecule has 0 radical (unpaired) electrons. The van der Waals surface area contributed by atoms with E-state index in [1.807, 2.05) is 3.11 Å². The Labute approximate surface area is 74.5 Å². The Balaban J connectivity index is 2.38. The van der Waals surface area contributed by atoms with E-state index in [1.54, 1.807) is 0 Å². The lowest BCUT2D eigenvalue weighted by atomic mass is 10.1. The van der Waals surface area contributed by atoms with Gasteiger partial charge in [0, 0.05) is 36.0 Å². The molecule has 2 N–H and O–H groups in total. The van der Waals surface area contributed by atoms with Crippen LogP contribution < -0.4 is 0 Å². The minimum atomic E-state index is -0.256. The number of β-amino-alcohol motifs (C(OH)–C–C–N with tert-alkyl or cyclic N) is 2. The molecule has 0 aromatic heterocycles. The first kappa shape index (κ1) is 8.70. The molecular formula is C6H12INO2. The Morgan fingerprint density at radius 2 is 1.50 bits per heavy atom. The van der Waals surface area contributed by atoms with Crippen molar-refractivity contribution in [3.05, 3.63) is 0 Å². The highest BCUT2D eigenvalue weighted by Crippen LogP contribution is 2.13. The second kappa shape index (κ2) is 3.85. The van der Waals surface area contributed by atoms with E-state index in [9.17, 15) is 10.2 Å². The Morgan fingerprint density at radius 1 is 1.10 bits per heavy atom. The van der Waals surface area contributed by atoms with Gasteiger partial charge in [0.25, 0.3) is 0 Å². The van der Waals surface area contributed by atoms with Gasteiger partial charge >= 0.3 is 0 Å². The Hall–Kier alpha value is 0.610. The van der Waals surface area contributed by atoms with Gasteiger partial charge in [0.15, 0.2) is 0 Å². The lowest BCUT2D eigenvalue weighted by Gasteiger charge is -2.13. The maximum absolute atomic E-state index is 9.22. The first-order chi connectivity index (χ1) is 4.68. The number of hydrogen-bond donors (Lipinski definition) is 2. The molecule has 0 spiro atoms. The molecule has 10 heavy (non-hydrogen) atoms. The molecule has 1 saturated heterocycles. The van der Waals surface area contributed by atoms with Crippen LogP contribution in [0.1, 0.15) is 12.8 Å². The molecule has 2 atom stereocenters. The van der Waals surface area contributed by atoms with Crippen molar-refractivity contribution < 1.29 is 10.2 Å². The topological polar surface area (TPSA) is 43.7 Å². The Morgan fingerprint density at radius 3 is 1.90 bits per heavy atom. The monoisotopic (exact) mass is 257 g/mol. The average Bonchev–Trinajstić information content (AvgIpc) is 1.93. The van der Waals surface area contributed by atoms with Crippen molar-refractivity contribution in [2.75, 3.05) is 13.1 Å². The third kappa shape index (κ3) is 2.69. The molecule has 2 unspecified atom stereocenters. The van der Waals surface area contributed by atoms with Crippen LogP contribution in [0.15, 0.2) is 0 Å². The number of aliphatic hydroxyl groups excluding tert-OH is 2. The molecule has 1 aliphatic heterocycles. The normalized spacial score (nSPS) is 37.5. The van der Waals surface area contributed by atoms with Crippen molar-refractivity contribution in [1.29, 1.82) is 0 Å². The molecule has 60 valence electrons. The van der Waals surface area contributed by atoms with Crippen molar-refractivity contribution in [2.24, 2.45) is 0 Å². The number of aliphatic hydroxyl groups is 2. The van der Waals surface area contributed by atoms with Gasteiger partial charge < -0.3 is 10.2 Å². The van der Waals surface area contributed by atoms with Crippen LogP contribution in [0.3, 0.4) is 0 Å². The van der Waals surface area contributed by atoms with E-state index < -0.39 is 0 Å². The summed E-state index contributed by atoms with van der Waals surface area (Å²) in [6, 6.07) is 0. The molecule has 1 fully saturated rings. The van der Waals surface area contributed by atoms with Crippen molar-refractivity contribution in [3.8, 4) is 0 Å². The molecule has 0 saturated carbocycles. The molecule has 4 heteroatoms. The Kier molecular flexibility index (Phi) is 3.35. The largest absolute Gasteiger partial charge is 0.392 e. The van der Waals surface area contributed by atoms with Crippen LogP contribution in [-0.2, 0) is 0 Å². The quantitative estimate of drug-likeness (QED) is 0.479. The molecule has 0 aromatic rings. The fourth-order valence-electron chi connectivity index (χ4n) is 1.10. The molecule has 1 heterocycles. The lowest BCUT2D eigenvalue weighted by molar-refractivity contribution is 0.144. The van der Waals surface area contributed by atoms with E-state index in [4.69, 9.17) is 0 Å². The summed E-state index contributed by atoms with van der Waals surface area (Å²) in [7, 11) is 0. The van der Waals surface area contributed by atoms with Crippen LogP contribution in [-0.4, -0.2) is 38.6 Å². The summed E-state index contributed by atoms with van der Waals surface area (Å²) in [6.45, 7) is 1.36. The van der Waals surface area contributed by atoms with Gasteiger partial charge in [-0.05, 0) is 12.8 Å². The van der Waals surface area contributed by atoms with Crippen molar-refractivity contribution in [2.45, 2.75) is 25.0 Å². The SMILES string of the molecule is OC1CCC(O)CN(I)C1. The van der Waals surface area contributed by atoms with Gasteiger partial charge in [0.2, 0.25) is 0 Å².